The van der Waals surface area contributed by atoms with Crippen molar-refractivity contribution in [1.29, 1.82) is 21.0 Å². The van der Waals surface area contributed by atoms with E-state index in [9.17, 15) is 9.59 Å². The van der Waals surface area contributed by atoms with E-state index < -0.39 is 0 Å². The highest BCUT2D eigenvalue weighted by Gasteiger charge is 2.14. The lowest BCUT2D eigenvalue weighted by Gasteiger charge is -2.14. The topological polar surface area (TPSA) is 139 Å². The third-order valence-electron chi connectivity index (χ3n) is 7.64. The molecule has 0 N–H and O–H groups in total. The Morgan fingerprint density at radius 3 is 1.26 bits per heavy atom. The first-order valence-corrected chi connectivity index (χ1v) is 12.8. The zero-order valence-electron chi connectivity index (χ0n) is 22.4. The molecule has 0 fully saturated rings. The van der Waals surface area contributed by atoms with Crippen LogP contribution in [-0.2, 0) is 14.1 Å². The van der Waals surface area contributed by atoms with Crippen LogP contribution in [-0.4, -0.2) is 9.13 Å². The normalized spacial score (nSPS) is 10.7. The maximum Gasteiger partial charge on any atom is 0.197 e. The van der Waals surface area contributed by atoms with Crippen molar-refractivity contribution < 1.29 is 0 Å². The molecule has 0 saturated heterocycles. The Labute approximate surface area is 238 Å². The summed E-state index contributed by atoms with van der Waals surface area (Å²) in [5, 5.41) is 40.0. The van der Waals surface area contributed by atoms with E-state index in [0.29, 0.717) is 54.7 Å². The van der Waals surface area contributed by atoms with Crippen LogP contribution in [0, 0.1) is 45.3 Å². The fourth-order valence-electron chi connectivity index (χ4n) is 5.54. The number of hydrogen-bond acceptors (Lipinski definition) is 6. The molecule has 6 aromatic rings. The highest BCUT2D eigenvalue weighted by Crippen LogP contribution is 2.29. The Morgan fingerprint density at radius 1 is 0.548 bits per heavy atom. The van der Waals surface area contributed by atoms with Gasteiger partial charge in [0.25, 0.3) is 0 Å². The second-order valence-electron chi connectivity index (χ2n) is 9.98. The molecule has 0 amide bonds. The predicted molar refractivity (Wildman–Crippen MR) is 163 cm³/mol. The number of benzene rings is 4. The molecule has 2 aromatic heterocycles. The van der Waals surface area contributed by atoms with Gasteiger partial charge in [0.05, 0.1) is 22.1 Å². The van der Waals surface area contributed by atoms with Crippen LogP contribution >= 0.6 is 0 Å². The summed E-state index contributed by atoms with van der Waals surface area (Å²) >= 11 is 0. The van der Waals surface area contributed by atoms with Crippen LogP contribution in [0.2, 0.25) is 0 Å². The van der Waals surface area contributed by atoms with Gasteiger partial charge in [0, 0.05) is 35.6 Å². The van der Waals surface area contributed by atoms with Crippen molar-refractivity contribution in [2.45, 2.75) is 0 Å². The molecule has 0 unspecified atom stereocenters. The lowest BCUT2D eigenvalue weighted by atomic mass is 9.99. The van der Waals surface area contributed by atoms with Gasteiger partial charge in [-0.3, -0.25) is 9.59 Å². The van der Waals surface area contributed by atoms with Crippen molar-refractivity contribution in [3.8, 4) is 24.3 Å². The van der Waals surface area contributed by atoms with Crippen molar-refractivity contribution in [1.82, 2.24) is 9.13 Å². The highest BCUT2D eigenvalue weighted by molar-refractivity contribution is 6.07. The maximum absolute atomic E-state index is 13.7. The summed E-state index contributed by atoms with van der Waals surface area (Å²) in [4.78, 5) is 27.4. The van der Waals surface area contributed by atoms with Gasteiger partial charge in [0.1, 0.15) is 35.4 Å². The summed E-state index contributed by atoms with van der Waals surface area (Å²) in [5.41, 5.74) is 3.50. The first kappa shape index (κ1) is 25.8. The van der Waals surface area contributed by atoms with Crippen LogP contribution in [0.5, 0.6) is 0 Å². The second-order valence-corrected chi connectivity index (χ2v) is 9.98. The van der Waals surface area contributed by atoms with Gasteiger partial charge in [-0.1, -0.05) is 12.1 Å². The monoisotopic (exact) mass is 542 g/mol. The van der Waals surface area contributed by atoms with Crippen LogP contribution in [0.4, 0.5) is 0 Å². The summed E-state index contributed by atoms with van der Waals surface area (Å²) in [5.74, 6) is 0. The fraction of sp³-hybridized carbons (Fsp3) is 0.0588. The zero-order valence-corrected chi connectivity index (χ0v) is 22.4. The Bertz CT molecular complexity index is 2360. The number of hydrogen-bond donors (Lipinski definition) is 0. The fourth-order valence-corrected chi connectivity index (χ4v) is 5.54. The van der Waals surface area contributed by atoms with Crippen LogP contribution in [0.15, 0.2) is 81.4 Å². The SMILES string of the molecule is Cn1c2ccc(C=C(C#N)C#N)cc2c(=O)c2cc3cc4c(cc3cc21)c(=O)c1cc(C=C(C#N)C#N)ccc1n4C. The average Bonchev–Trinajstić information content (AvgIpc) is 3.02. The largest absolute Gasteiger partial charge is 0.343 e. The van der Waals surface area contributed by atoms with Crippen LogP contribution in [0.3, 0.4) is 0 Å². The standard InChI is InChI=1S/C34H18N6O2/c1-39-29-5-3-19(7-21(15-35)16-36)9-25(29)33(41)27-11-24-14-32-28(12-23(24)13-31(27)39)34(42)26-10-20(8-22(17-37)18-38)4-6-30(26)40(32)2/h3-14H,1-2H3. The summed E-state index contributed by atoms with van der Waals surface area (Å²) in [7, 11) is 3.72. The second kappa shape index (κ2) is 9.61. The van der Waals surface area contributed by atoms with Crippen molar-refractivity contribution in [2.24, 2.45) is 14.1 Å². The Hall–Kier alpha value is -6.48. The van der Waals surface area contributed by atoms with Crippen LogP contribution in [0.1, 0.15) is 11.1 Å². The van der Waals surface area contributed by atoms with Crippen molar-refractivity contribution >= 4 is 66.5 Å². The molecule has 0 aliphatic heterocycles. The number of nitrogens with zero attached hydrogens (tertiary/aromatic N) is 6. The number of pyridine rings is 2. The predicted octanol–water partition coefficient (Wildman–Crippen LogP) is 5.71. The number of nitriles is 4. The molecular weight excluding hydrogens is 524 g/mol. The van der Waals surface area contributed by atoms with E-state index in [4.69, 9.17) is 21.0 Å². The third-order valence-corrected chi connectivity index (χ3v) is 7.64. The van der Waals surface area contributed by atoms with Gasteiger partial charge in [-0.15, -0.1) is 0 Å². The molecule has 4 aromatic carbocycles. The molecule has 2 heterocycles. The van der Waals surface area contributed by atoms with E-state index in [-0.39, 0.29) is 22.0 Å². The van der Waals surface area contributed by atoms with E-state index in [1.165, 1.54) is 12.2 Å². The molecule has 0 aliphatic rings. The van der Waals surface area contributed by atoms with Gasteiger partial charge in [0.2, 0.25) is 0 Å². The first-order valence-electron chi connectivity index (χ1n) is 12.8. The number of aromatic nitrogens is 2. The molecule has 196 valence electrons. The van der Waals surface area contributed by atoms with Crippen LogP contribution in [0.25, 0.3) is 66.5 Å². The number of allylic oxidation sites excluding steroid dienone is 2. The van der Waals surface area contributed by atoms with E-state index in [1.807, 2.05) is 71.8 Å². The van der Waals surface area contributed by atoms with Crippen LogP contribution < -0.4 is 10.9 Å². The van der Waals surface area contributed by atoms with Gasteiger partial charge in [-0.2, -0.15) is 21.0 Å². The summed E-state index contributed by atoms with van der Waals surface area (Å²) in [6.07, 6.45) is 2.90. The zero-order chi connectivity index (χ0) is 29.7. The number of fused-ring (bicyclic) bond motifs is 5. The maximum atomic E-state index is 13.7. The van der Waals surface area contributed by atoms with Crippen molar-refractivity contribution in [3.63, 3.8) is 0 Å². The molecule has 0 radical (unpaired) electrons. The van der Waals surface area contributed by atoms with Gasteiger partial charge in [0.15, 0.2) is 10.9 Å². The number of rotatable bonds is 2. The number of aryl methyl sites for hydroxylation is 2. The van der Waals surface area contributed by atoms with Crippen molar-refractivity contribution in [2.75, 3.05) is 0 Å². The Balaban J connectivity index is 1.64. The molecule has 42 heavy (non-hydrogen) atoms. The molecule has 8 heteroatoms. The molecule has 0 spiro atoms. The van der Waals surface area contributed by atoms with Gasteiger partial charge in [-0.25, -0.2) is 0 Å². The molecule has 6 rings (SSSR count). The molecule has 0 saturated carbocycles. The average molecular weight is 543 g/mol. The minimum absolute atomic E-state index is 0.0512. The Kier molecular flexibility index (Phi) is 5.90. The lowest BCUT2D eigenvalue weighted by molar-refractivity contribution is 1.00. The van der Waals surface area contributed by atoms with E-state index in [2.05, 4.69) is 0 Å². The van der Waals surface area contributed by atoms with Gasteiger partial charge in [-0.05, 0) is 82.6 Å². The summed E-state index contributed by atoms with van der Waals surface area (Å²) in [6.45, 7) is 0. The smallest absolute Gasteiger partial charge is 0.197 e. The Morgan fingerprint density at radius 2 is 0.905 bits per heavy atom. The molecular formula is C34H18N6O2. The summed E-state index contributed by atoms with van der Waals surface area (Å²) in [6, 6.07) is 25.3. The minimum Gasteiger partial charge on any atom is -0.343 e. The molecule has 0 atom stereocenters. The minimum atomic E-state index is -0.173. The molecule has 0 aliphatic carbocycles. The quantitative estimate of drug-likeness (QED) is 0.203. The van der Waals surface area contributed by atoms with E-state index in [0.717, 1.165) is 10.8 Å². The van der Waals surface area contributed by atoms with E-state index in [1.54, 1.807) is 36.4 Å². The highest BCUT2D eigenvalue weighted by atomic mass is 16.1. The lowest BCUT2D eigenvalue weighted by Crippen LogP contribution is -2.11. The van der Waals surface area contributed by atoms with Gasteiger partial charge < -0.3 is 9.13 Å². The third kappa shape index (κ3) is 3.89. The van der Waals surface area contributed by atoms with Crippen molar-refractivity contribution in [3.05, 3.63) is 103 Å². The van der Waals surface area contributed by atoms with E-state index >= 15 is 0 Å². The molecule has 0 bridgehead atoms. The molecule has 8 nitrogen and oxygen atoms in total. The summed E-state index contributed by atoms with van der Waals surface area (Å²) < 4.78 is 3.83. The van der Waals surface area contributed by atoms with Gasteiger partial charge >= 0.3 is 0 Å². The first-order chi connectivity index (χ1) is 20.3.